The predicted molar refractivity (Wildman–Crippen MR) is 119 cm³/mol. The van der Waals surface area contributed by atoms with Crippen LogP contribution in [0.3, 0.4) is 0 Å². The molecule has 1 aliphatic heterocycles. The Labute approximate surface area is 187 Å². The van der Waals surface area contributed by atoms with E-state index in [0.29, 0.717) is 11.7 Å². The maximum atomic E-state index is 12.8. The number of amides is 1. The number of piperazine rings is 1. The Balaban J connectivity index is 0.00000150. The largest absolute Gasteiger partial charge is 0.340 e. The van der Waals surface area contributed by atoms with Gasteiger partial charge in [0.15, 0.2) is 0 Å². The third-order valence-electron chi connectivity index (χ3n) is 5.78. The molecular formula is C19H29Cl2N5O2S. The van der Waals surface area contributed by atoms with Crippen LogP contribution in [-0.2, 0) is 4.79 Å². The lowest BCUT2D eigenvalue weighted by Crippen LogP contribution is -2.51. The average molecular weight is 462 g/mol. The number of carbonyl (C=O) groups is 1. The van der Waals surface area contributed by atoms with E-state index in [1.54, 1.807) is 11.3 Å². The van der Waals surface area contributed by atoms with Gasteiger partial charge in [0.25, 0.3) is 0 Å². The third-order valence-corrected chi connectivity index (χ3v) is 6.64. The zero-order chi connectivity index (χ0) is 18.8. The molecule has 3 atom stereocenters. The first-order chi connectivity index (χ1) is 13.1. The molecule has 0 spiro atoms. The number of nitrogens with zero attached hydrogens (tertiary/aromatic N) is 4. The van der Waals surface area contributed by atoms with Crippen molar-refractivity contribution in [1.29, 1.82) is 0 Å². The summed E-state index contributed by atoms with van der Waals surface area (Å²) >= 11 is 1.60. The van der Waals surface area contributed by atoms with Crippen LogP contribution < -0.4 is 5.73 Å². The molecule has 29 heavy (non-hydrogen) atoms. The molecular weight excluding hydrogens is 433 g/mol. The number of halogens is 2. The van der Waals surface area contributed by atoms with Crippen molar-refractivity contribution in [2.45, 2.75) is 44.7 Å². The zero-order valence-corrected chi connectivity index (χ0v) is 19.0. The SMILES string of the molecule is CC(c1nc(-c2cccs2)no1)N1CCN(C(=O)C2CCCC(N)C2)CC1.Cl.Cl. The third kappa shape index (κ3) is 5.49. The van der Waals surface area contributed by atoms with Crippen LogP contribution in [0.2, 0.25) is 0 Å². The number of carbonyl (C=O) groups excluding carboxylic acids is 1. The Morgan fingerprint density at radius 3 is 2.69 bits per heavy atom. The fraction of sp³-hybridized carbons (Fsp3) is 0.632. The maximum Gasteiger partial charge on any atom is 0.244 e. The Morgan fingerprint density at radius 1 is 1.28 bits per heavy atom. The number of hydrogen-bond donors (Lipinski definition) is 1. The molecule has 2 aromatic heterocycles. The number of rotatable bonds is 4. The van der Waals surface area contributed by atoms with Gasteiger partial charge >= 0.3 is 0 Å². The number of hydrogen-bond acceptors (Lipinski definition) is 7. The smallest absolute Gasteiger partial charge is 0.244 e. The molecule has 2 N–H and O–H groups in total. The van der Waals surface area contributed by atoms with E-state index in [4.69, 9.17) is 10.3 Å². The summed E-state index contributed by atoms with van der Waals surface area (Å²) < 4.78 is 5.49. The Bertz CT molecular complexity index is 765. The van der Waals surface area contributed by atoms with E-state index in [2.05, 4.69) is 22.0 Å². The maximum absolute atomic E-state index is 12.8. The number of nitrogens with two attached hydrogens (primary N) is 1. The molecule has 2 fully saturated rings. The Kier molecular flexibility index (Phi) is 8.91. The van der Waals surface area contributed by atoms with Crippen LogP contribution in [0.5, 0.6) is 0 Å². The van der Waals surface area contributed by atoms with Gasteiger partial charge in [0.2, 0.25) is 17.6 Å². The van der Waals surface area contributed by atoms with E-state index in [1.807, 2.05) is 22.4 Å². The summed E-state index contributed by atoms with van der Waals surface area (Å²) in [4.78, 5) is 22.7. The van der Waals surface area contributed by atoms with E-state index in [1.165, 1.54) is 0 Å². The van der Waals surface area contributed by atoms with Crippen LogP contribution >= 0.6 is 36.2 Å². The van der Waals surface area contributed by atoms with Crippen LogP contribution in [0.25, 0.3) is 10.7 Å². The lowest BCUT2D eigenvalue weighted by molar-refractivity contribution is -0.138. The number of aromatic nitrogens is 2. The fourth-order valence-corrected chi connectivity index (χ4v) is 4.76. The first-order valence-electron chi connectivity index (χ1n) is 9.77. The minimum atomic E-state index is 0. The molecule has 1 amide bonds. The predicted octanol–water partition coefficient (Wildman–Crippen LogP) is 3.36. The molecule has 10 heteroatoms. The first kappa shape index (κ1) is 24.1. The van der Waals surface area contributed by atoms with E-state index in [0.717, 1.165) is 56.7 Å². The zero-order valence-electron chi connectivity index (χ0n) is 16.5. The van der Waals surface area contributed by atoms with Gasteiger partial charge < -0.3 is 15.2 Å². The Morgan fingerprint density at radius 2 is 2.03 bits per heavy atom. The second-order valence-corrected chi connectivity index (χ2v) is 8.54. The fourth-order valence-electron chi connectivity index (χ4n) is 4.11. The molecule has 162 valence electrons. The summed E-state index contributed by atoms with van der Waals surface area (Å²) in [6, 6.07) is 4.20. The Hall–Kier alpha value is -1.19. The highest BCUT2D eigenvalue weighted by Gasteiger charge is 2.32. The summed E-state index contributed by atoms with van der Waals surface area (Å²) in [5.41, 5.74) is 6.05. The minimum Gasteiger partial charge on any atom is -0.340 e. The van der Waals surface area contributed by atoms with Gasteiger partial charge in [-0.05, 0) is 37.6 Å². The molecule has 0 radical (unpaired) electrons. The average Bonchev–Trinajstić information content (AvgIpc) is 3.38. The van der Waals surface area contributed by atoms with Crippen LogP contribution in [-0.4, -0.2) is 58.1 Å². The lowest BCUT2D eigenvalue weighted by atomic mass is 9.85. The summed E-state index contributed by atoms with van der Waals surface area (Å²) in [5.74, 6) is 1.68. The number of thiophene rings is 1. The lowest BCUT2D eigenvalue weighted by Gasteiger charge is -2.39. The van der Waals surface area contributed by atoms with Crippen LogP contribution in [0.1, 0.15) is 44.5 Å². The van der Waals surface area contributed by atoms with Crippen molar-refractivity contribution in [3.63, 3.8) is 0 Å². The summed E-state index contributed by atoms with van der Waals surface area (Å²) in [6.07, 6.45) is 3.94. The van der Waals surface area contributed by atoms with Crippen LogP contribution in [0.4, 0.5) is 0 Å². The standard InChI is InChI=1S/C19H27N5O2S.2ClH/c1-13(18-21-17(22-26-18)16-6-3-11-27-16)23-7-9-24(10-8-23)19(25)14-4-2-5-15(20)12-14;;/h3,6,11,13-15H,2,4-5,7-10,12,20H2,1H3;2*1H. The van der Waals surface area contributed by atoms with Gasteiger partial charge in [-0.15, -0.1) is 36.2 Å². The molecule has 3 unspecified atom stereocenters. The van der Waals surface area contributed by atoms with E-state index < -0.39 is 0 Å². The quantitative estimate of drug-likeness (QED) is 0.750. The monoisotopic (exact) mass is 461 g/mol. The minimum absolute atomic E-state index is 0. The molecule has 2 aliphatic rings. The summed E-state index contributed by atoms with van der Waals surface area (Å²) in [7, 11) is 0. The molecule has 2 aromatic rings. The molecule has 3 heterocycles. The normalized spacial score (nSPS) is 23.7. The van der Waals surface area contributed by atoms with Crippen molar-refractivity contribution in [3.05, 3.63) is 23.4 Å². The molecule has 1 saturated carbocycles. The second kappa shape index (κ2) is 10.7. The second-order valence-electron chi connectivity index (χ2n) is 7.59. The van der Waals surface area contributed by atoms with Crippen molar-refractivity contribution in [2.24, 2.45) is 11.7 Å². The highest BCUT2D eigenvalue weighted by molar-refractivity contribution is 7.13. The van der Waals surface area contributed by atoms with E-state index >= 15 is 0 Å². The van der Waals surface area contributed by atoms with E-state index in [-0.39, 0.29) is 48.7 Å². The van der Waals surface area contributed by atoms with Crippen molar-refractivity contribution < 1.29 is 9.32 Å². The van der Waals surface area contributed by atoms with Crippen molar-refractivity contribution in [3.8, 4) is 10.7 Å². The van der Waals surface area contributed by atoms with Crippen LogP contribution in [0.15, 0.2) is 22.0 Å². The highest BCUT2D eigenvalue weighted by atomic mass is 35.5. The van der Waals surface area contributed by atoms with Gasteiger partial charge in [0, 0.05) is 38.1 Å². The molecule has 0 aromatic carbocycles. The summed E-state index contributed by atoms with van der Waals surface area (Å²) in [6.45, 7) is 5.23. The highest BCUT2D eigenvalue weighted by Crippen LogP contribution is 2.28. The molecule has 7 nitrogen and oxygen atoms in total. The summed E-state index contributed by atoms with van der Waals surface area (Å²) in [5, 5.41) is 6.11. The van der Waals surface area contributed by atoms with Gasteiger partial charge in [-0.25, -0.2) is 0 Å². The van der Waals surface area contributed by atoms with Crippen LogP contribution in [0, 0.1) is 5.92 Å². The van der Waals surface area contributed by atoms with Crippen molar-refractivity contribution >= 4 is 42.1 Å². The van der Waals surface area contributed by atoms with Crippen molar-refractivity contribution in [1.82, 2.24) is 19.9 Å². The molecule has 4 rings (SSSR count). The van der Waals surface area contributed by atoms with Gasteiger partial charge in [0.1, 0.15) is 0 Å². The van der Waals surface area contributed by atoms with Gasteiger partial charge in [-0.3, -0.25) is 9.69 Å². The first-order valence-corrected chi connectivity index (χ1v) is 10.7. The van der Waals surface area contributed by atoms with Gasteiger partial charge in [-0.2, -0.15) is 4.98 Å². The topological polar surface area (TPSA) is 88.5 Å². The van der Waals surface area contributed by atoms with E-state index in [9.17, 15) is 4.79 Å². The molecule has 0 bridgehead atoms. The van der Waals surface area contributed by atoms with Crippen molar-refractivity contribution in [2.75, 3.05) is 26.2 Å². The van der Waals surface area contributed by atoms with Gasteiger partial charge in [-0.1, -0.05) is 17.6 Å². The van der Waals surface area contributed by atoms with Gasteiger partial charge in [0.05, 0.1) is 10.9 Å². The molecule has 1 saturated heterocycles. The molecule has 1 aliphatic carbocycles.